The maximum atomic E-state index is 9.74. The SMILES string of the molecule is C[Si](C)(C)CC/C=C1/CCCCC1O. The lowest BCUT2D eigenvalue weighted by Crippen LogP contribution is -2.19. The van der Waals surface area contributed by atoms with Crippen molar-refractivity contribution in [3.8, 4) is 0 Å². The third kappa shape index (κ3) is 4.42. The lowest BCUT2D eigenvalue weighted by molar-refractivity contribution is 0.178. The van der Waals surface area contributed by atoms with Gasteiger partial charge in [-0.2, -0.15) is 0 Å². The minimum atomic E-state index is -0.890. The van der Waals surface area contributed by atoms with Crippen LogP contribution in [0.3, 0.4) is 0 Å². The van der Waals surface area contributed by atoms with E-state index in [1.807, 2.05) is 0 Å². The Kier molecular flexibility index (Phi) is 4.39. The lowest BCUT2D eigenvalue weighted by atomic mass is 9.91. The van der Waals surface area contributed by atoms with E-state index in [1.165, 1.54) is 30.9 Å². The minimum Gasteiger partial charge on any atom is -0.389 e. The van der Waals surface area contributed by atoms with Gasteiger partial charge in [0.25, 0.3) is 0 Å². The summed E-state index contributed by atoms with van der Waals surface area (Å²) in [6.45, 7) is 7.22. The average molecular weight is 212 g/mol. The van der Waals surface area contributed by atoms with Gasteiger partial charge in [-0.3, -0.25) is 0 Å². The van der Waals surface area contributed by atoms with Crippen LogP contribution < -0.4 is 0 Å². The molecule has 0 aromatic carbocycles. The predicted octanol–water partition coefficient (Wildman–Crippen LogP) is 3.58. The summed E-state index contributed by atoms with van der Waals surface area (Å²) in [7, 11) is -0.890. The van der Waals surface area contributed by atoms with Crippen molar-refractivity contribution < 1.29 is 5.11 Å². The Hall–Kier alpha value is -0.0831. The molecule has 1 nitrogen and oxygen atoms in total. The van der Waals surface area contributed by atoms with E-state index in [0.717, 1.165) is 12.8 Å². The van der Waals surface area contributed by atoms with Crippen LogP contribution in [0.15, 0.2) is 11.6 Å². The highest BCUT2D eigenvalue weighted by Gasteiger charge is 2.16. The second-order valence-electron chi connectivity index (χ2n) is 5.64. The van der Waals surface area contributed by atoms with Gasteiger partial charge < -0.3 is 5.11 Å². The van der Waals surface area contributed by atoms with Gasteiger partial charge >= 0.3 is 0 Å². The summed E-state index contributed by atoms with van der Waals surface area (Å²) in [6, 6.07) is 1.35. The van der Waals surface area contributed by atoms with Crippen molar-refractivity contribution in [1.82, 2.24) is 0 Å². The summed E-state index contributed by atoms with van der Waals surface area (Å²) in [5.74, 6) is 0. The zero-order chi connectivity index (χ0) is 10.6. The normalized spacial score (nSPS) is 26.9. The summed E-state index contributed by atoms with van der Waals surface area (Å²) in [5, 5.41) is 9.74. The van der Waals surface area contributed by atoms with Crippen molar-refractivity contribution in [2.75, 3.05) is 0 Å². The summed E-state index contributed by atoms with van der Waals surface area (Å²) >= 11 is 0. The fourth-order valence-electron chi connectivity index (χ4n) is 1.95. The molecule has 0 heterocycles. The van der Waals surface area contributed by atoms with Gasteiger partial charge in [0, 0.05) is 8.07 Å². The Morgan fingerprint density at radius 2 is 2.07 bits per heavy atom. The first-order valence-corrected chi connectivity index (χ1v) is 9.57. The molecular weight excluding hydrogens is 188 g/mol. The van der Waals surface area contributed by atoms with Crippen LogP contribution in [0, 0.1) is 0 Å². The fraction of sp³-hybridized carbons (Fsp3) is 0.833. The van der Waals surface area contributed by atoms with Crippen molar-refractivity contribution in [2.45, 2.75) is 63.9 Å². The summed E-state index contributed by atoms with van der Waals surface area (Å²) in [6.07, 6.45) is 7.96. The van der Waals surface area contributed by atoms with Gasteiger partial charge in [-0.1, -0.05) is 38.2 Å². The van der Waals surface area contributed by atoms with E-state index in [1.54, 1.807) is 0 Å². The maximum absolute atomic E-state index is 9.74. The van der Waals surface area contributed by atoms with Crippen LogP contribution in [0.5, 0.6) is 0 Å². The minimum absolute atomic E-state index is 0.120. The maximum Gasteiger partial charge on any atom is 0.0750 e. The molecule has 2 heteroatoms. The van der Waals surface area contributed by atoms with Gasteiger partial charge in [0.15, 0.2) is 0 Å². The van der Waals surface area contributed by atoms with Crippen molar-refractivity contribution in [3.63, 3.8) is 0 Å². The van der Waals surface area contributed by atoms with Crippen molar-refractivity contribution >= 4 is 8.07 Å². The van der Waals surface area contributed by atoms with Gasteiger partial charge in [0.05, 0.1) is 6.10 Å². The molecule has 0 bridgehead atoms. The first-order chi connectivity index (χ1) is 6.49. The highest BCUT2D eigenvalue weighted by Crippen LogP contribution is 2.24. The molecule has 1 aliphatic rings. The van der Waals surface area contributed by atoms with Gasteiger partial charge in [-0.15, -0.1) is 0 Å². The first kappa shape index (κ1) is 12.0. The molecule has 1 atom stereocenters. The number of allylic oxidation sites excluding steroid dienone is 1. The third-order valence-corrected chi connectivity index (χ3v) is 4.71. The molecule has 1 N–H and O–H groups in total. The van der Waals surface area contributed by atoms with Crippen molar-refractivity contribution in [3.05, 3.63) is 11.6 Å². The van der Waals surface area contributed by atoms with Crippen LogP contribution in [-0.4, -0.2) is 19.3 Å². The van der Waals surface area contributed by atoms with Gasteiger partial charge in [0.2, 0.25) is 0 Å². The summed E-state index contributed by atoms with van der Waals surface area (Å²) in [5.41, 5.74) is 1.31. The molecule has 0 aromatic heterocycles. The molecule has 0 amide bonds. The molecule has 0 aliphatic heterocycles. The highest BCUT2D eigenvalue weighted by atomic mass is 28.3. The Morgan fingerprint density at radius 3 is 2.64 bits per heavy atom. The smallest absolute Gasteiger partial charge is 0.0750 e. The molecule has 0 spiro atoms. The molecule has 1 rings (SSSR count). The first-order valence-electron chi connectivity index (χ1n) is 5.86. The molecule has 1 unspecified atom stereocenters. The van der Waals surface area contributed by atoms with Gasteiger partial charge in [-0.25, -0.2) is 0 Å². The monoisotopic (exact) mass is 212 g/mol. The number of aliphatic hydroxyl groups is 1. The van der Waals surface area contributed by atoms with Crippen LogP contribution in [0.2, 0.25) is 25.7 Å². The number of aliphatic hydroxyl groups excluding tert-OH is 1. The lowest BCUT2D eigenvalue weighted by Gasteiger charge is -2.21. The molecule has 1 fully saturated rings. The van der Waals surface area contributed by atoms with Crippen molar-refractivity contribution in [2.24, 2.45) is 0 Å². The van der Waals surface area contributed by atoms with Crippen LogP contribution in [0.25, 0.3) is 0 Å². The Balaban J connectivity index is 2.35. The molecule has 82 valence electrons. The van der Waals surface area contributed by atoms with E-state index in [4.69, 9.17) is 0 Å². The molecule has 1 saturated carbocycles. The second kappa shape index (κ2) is 5.13. The van der Waals surface area contributed by atoms with E-state index >= 15 is 0 Å². The van der Waals surface area contributed by atoms with E-state index < -0.39 is 8.07 Å². The van der Waals surface area contributed by atoms with E-state index in [-0.39, 0.29) is 6.10 Å². The van der Waals surface area contributed by atoms with Crippen LogP contribution in [0.4, 0.5) is 0 Å². The topological polar surface area (TPSA) is 20.2 Å². The largest absolute Gasteiger partial charge is 0.389 e. The van der Waals surface area contributed by atoms with E-state index in [9.17, 15) is 5.11 Å². The fourth-order valence-corrected chi connectivity index (χ4v) is 2.96. The second-order valence-corrected chi connectivity index (χ2v) is 11.3. The van der Waals surface area contributed by atoms with E-state index in [0.29, 0.717) is 0 Å². The van der Waals surface area contributed by atoms with Crippen molar-refractivity contribution in [1.29, 1.82) is 0 Å². The Bertz CT molecular complexity index is 203. The molecule has 1 aliphatic carbocycles. The predicted molar refractivity (Wildman–Crippen MR) is 65.3 cm³/mol. The molecule has 0 radical (unpaired) electrons. The Morgan fingerprint density at radius 1 is 1.36 bits per heavy atom. The average Bonchev–Trinajstić information content (AvgIpc) is 2.06. The van der Waals surface area contributed by atoms with E-state index in [2.05, 4.69) is 25.7 Å². The standard InChI is InChI=1S/C12H24OSi/c1-14(2,3)10-6-8-11-7-4-5-9-12(11)13/h8,12-13H,4-7,9-10H2,1-3H3/b11-8-. The number of rotatable bonds is 3. The molecule has 14 heavy (non-hydrogen) atoms. The van der Waals surface area contributed by atoms with Gasteiger partial charge in [-0.05, 0) is 31.3 Å². The zero-order valence-corrected chi connectivity index (χ0v) is 10.8. The molecule has 0 aromatic rings. The quantitative estimate of drug-likeness (QED) is 0.560. The van der Waals surface area contributed by atoms with Crippen LogP contribution >= 0.6 is 0 Å². The van der Waals surface area contributed by atoms with Gasteiger partial charge in [0.1, 0.15) is 0 Å². The van der Waals surface area contributed by atoms with Crippen LogP contribution in [0.1, 0.15) is 32.1 Å². The molecular formula is C12H24OSi. The van der Waals surface area contributed by atoms with Crippen LogP contribution in [-0.2, 0) is 0 Å². The number of hydrogen-bond donors (Lipinski definition) is 1. The zero-order valence-electron chi connectivity index (χ0n) is 9.84. The molecule has 0 saturated heterocycles. The summed E-state index contributed by atoms with van der Waals surface area (Å²) < 4.78 is 0. The summed E-state index contributed by atoms with van der Waals surface area (Å²) in [4.78, 5) is 0. The Labute approximate surface area is 89.2 Å². The third-order valence-electron chi connectivity index (χ3n) is 2.92. The highest BCUT2D eigenvalue weighted by molar-refractivity contribution is 6.76. The number of hydrogen-bond acceptors (Lipinski definition) is 1.